The normalized spacial score (nSPS) is 10.5. The molecule has 1 heterocycles. The lowest BCUT2D eigenvalue weighted by Gasteiger charge is -2.09. The number of hydrogen-bond donors (Lipinski definition) is 2. The van der Waals surface area contributed by atoms with E-state index in [-0.39, 0.29) is 17.3 Å². The maximum atomic E-state index is 13.8. The van der Waals surface area contributed by atoms with Crippen LogP contribution in [-0.4, -0.2) is 15.3 Å². The van der Waals surface area contributed by atoms with Crippen molar-refractivity contribution >= 4 is 38.9 Å². The first-order chi connectivity index (χ1) is 12.0. The summed E-state index contributed by atoms with van der Waals surface area (Å²) < 4.78 is 19.7. The van der Waals surface area contributed by atoms with Crippen molar-refractivity contribution in [1.82, 2.24) is 15.5 Å². The van der Waals surface area contributed by atoms with Crippen LogP contribution in [0.1, 0.15) is 11.5 Å². The van der Waals surface area contributed by atoms with Gasteiger partial charge >= 0.3 is 0 Å². The SMILES string of the molecule is Cc1ccccc1-c1noc(CNC(=S)Nc2ccc(Br)cc2F)n1. The molecule has 0 unspecified atom stereocenters. The fourth-order valence-electron chi connectivity index (χ4n) is 2.17. The van der Waals surface area contributed by atoms with Gasteiger partial charge in [0.2, 0.25) is 11.7 Å². The predicted molar refractivity (Wildman–Crippen MR) is 102 cm³/mol. The van der Waals surface area contributed by atoms with Gasteiger partial charge in [0.25, 0.3) is 0 Å². The van der Waals surface area contributed by atoms with E-state index >= 15 is 0 Å². The Labute approximate surface area is 157 Å². The summed E-state index contributed by atoms with van der Waals surface area (Å²) in [5.74, 6) is 0.504. The minimum absolute atomic E-state index is 0.239. The first kappa shape index (κ1) is 17.5. The molecule has 0 amide bonds. The molecule has 128 valence electrons. The van der Waals surface area contributed by atoms with E-state index in [1.54, 1.807) is 12.1 Å². The zero-order chi connectivity index (χ0) is 17.8. The molecule has 0 saturated heterocycles. The standard InChI is InChI=1S/C17H14BrFN4OS/c1-10-4-2-3-5-12(10)16-22-15(24-23-16)9-20-17(25)21-14-7-6-11(18)8-13(14)19/h2-8H,9H2,1H3,(H2,20,21,25). The number of hydrogen-bond acceptors (Lipinski definition) is 4. The quantitative estimate of drug-likeness (QED) is 0.608. The molecule has 3 aromatic rings. The van der Waals surface area contributed by atoms with Gasteiger partial charge in [0.05, 0.1) is 12.2 Å². The highest BCUT2D eigenvalue weighted by Gasteiger charge is 2.11. The molecule has 1 aromatic heterocycles. The summed E-state index contributed by atoms with van der Waals surface area (Å²) in [5, 5.41) is 9.94. The molecule has 0 aliphatic carbocycles. The Balaban J connectivity index is 1.60. The molecule has 2 N–H and O–H groups in total. The van der Waals surface area contributed by atoms with E-state index in [9.17, 15) is 4.39 Å². The maximum absolute atomic E-state index is 13.8. The zero-order valence-electron chi connectivity index (χ0n) is 13.2. The van der Waals surface area contributed by atoms with Gasteiger partial charge in [-0.05, 0) is 42.9 Å². The van der Waals surface area contributed by atoms with Crippen molar-refractivity contribution in [3.8, 4) is 11.4 Å². The van der Waals surface area contributed by atoms with Gasteiger partial charge in [-0.3, -0.25) is 0 Å². The van der Waals surface area contributed by atoms with E-state index in [4.69, 9.17) is 16.7 Å². The topological polar surface area (TPSA) is 63.0 Å². The van der Waals surface area contributed by atoms with Crippen LogP contribution in [0, 0.1) is 12.7 Å². The number of aromatic nitrogens is 2. The maximum Gasteiger partial charge on any atom is 0.246 e. The van der Waals surface area contributed by atoms with Gasteiger partial charge in [-0.15, -0.1) is 0 Å². The number of benzene rings is 2. The van der Waals surface area contributed by atoms with Crippen molar-refractivity contribution in [3.05, 3.63) is 64.2 Å². The Morgan fingerprint density at radius 2 is 2.08 bits per heavy atom. The van der Waals surface area contributed by atoms with Crippen LogP contribution < -0.4 is 10.6 Å². The van der Waals surface area contributed by atoms with Crippen molar-refractivity contribution < 1.29 is 8.91 Å². The molecule has 25 heavy (non-hydrogen) atoms. The minimum Gasteiger partial charge on any atom is -0.353 e. The molecule has 0 fully saturated rings. The number of rotatable bonds is 4. The minimum atomic E-state index is -0.404. The number of aryl methyl sites for hydroxylation is 1. The fraction of sp³-hybridized carbons (Fsp3) is 0.118. The highest BCUT2D eigenvalue weighted by atomic mass is 79.9. The average molecular weight is 421 g/mol. The van der Waals surface area contributed by atoms with E-state index in [0.29, 0.717) is 16.2 Å². The molecule has 0 atom stereocenters. The van der Waals surface area contributed by atoms with Gasteiger partial charge in [0.1, 0.15) is 5.82 Å². The second-order valence-electron chi connectivity index (χ2n) is 5.26. The Morgan fingerprint density at radius 3 is 2.84 bits per heavy atom. The second-order valence-corrected chi connectivity index (χ2v) is 6.58. The van der Waals surface area contributed by atoms with Crippen LogP contribution in [0.5, 0.6) is 0 Å². The molecular weight excluding hydrogens is 407 g/mol. The monoisotopic (exact) mass is 420 g/mol. The van der Waals surface area contributed by atoms with Crippen LogP contribution in [0.3, 0.4) is 0 Å². The summed E-state index contributed by atoms with van der Waals surface area (Å²) in [6.45, 7) is 2.22. The van der Waals surface area contributed by atoms with Gasteiger partial charge in [0.15, 0.2) is 5.11 Å². The smallest absolute Gasteiger partial charge is 0.246 e. The first-order valence-electron chi connectivity index (χ1n) is 7.41. The average Bonchev–Trinajstić information content (AvgIpc) is 3.05. The lowest BCUT2D eigenvalue weighted by atomic mass is 10.1. The van der Waals surface area contributed by atoms with Crippen LogP contribution in [0.4, 0.5) is 10.1 Å². The van der Waals surface area contributed by atoms with Crippen LogP contribution in [0.15, 0.2) is 51.5 Å². The summed E-state index contributed by atoms with van der Waals surface area (Å²) in [4.78, 5) is 4.34. The zero-order valence-corrected chi connectivity index (χ0v) is 15.6. The number of nitrogens with zero attached hydrogens (tertiary/aromatic N) is 2. The number of halogens is 2. The highest BCUT2D eigenvalue weighted by Crippen LogP contribution is 2.20. The lowest BCUT2D eigenvalue weighted by Crippen LogP contribution is -2.28. The number of anilines is 1. The van der Waals surface area contributed by atoms with Crippen molar-refractivity contribution in [2.24, 2.45) is 0 Å². The molecule has 0 saturated carbocycles. The van der Waals surface area contributed by atoms with Gasteiger partial charge in [-0.2, -0.15) is 4.98 Å². The largest absolute Gasteiger partial charge is 0.353 e. The van der Waals surface area contributed by atoms with Gasteiger partial charge < -0.3 is 15.2 Å². The summed E-state index contributed by atoms with van der Waals surface area (Å²) >= 11 is 8.36. The molecule has 0 aliphatic rings. The van der Waals surface area contributed by atoms with E-state index < -0.39 is 5.82 Å². The summed E-state index contributed by atoms with van der Waals surface area (Å²) in [6, 6.07) is 12.5. The summed E-state index contributed by atoms with van der Waals surface area (Å²) in [5.41, 5.74) is 2.26. The number of nitrogens with one attached hydrogen (secondary N) is 2. The fourth-order valence-corrected chi connectivity index (χ4v) is 2.69. The number of thiocarbonyl (C=S) groups is 1. The predicted octanol–water partition coefficient (Wildman–Crippen LogP) is 4.43. The Bertz CT molecular complexity index is 915. The van der Waals surface area contributed by atoms with Crippen molar-refractivity contribution in [2.45, 2.75) is 13.5 Å². The summed E-state index contributed by atoms with van der Waals surface area (Å²) in [7, 11) is 0. The van der Waals surface area contributed by atoms with E-state index in [2.05, 4.69) is 36.7 Å². The van der Waals surface area contributed by atoms with Crippen LogP contribution in [0.2, 0.25) is 0 Å². The lowest BCUT2D eigenvalue weighted by molar-refractivity contribution is 0.376. The van der Waals surface area contributed by atoms with Crippen LogP contribution >= 0.6 is 28.1 Å². The second kappa shape index (κ2) is 7.71. The summed E-state index contributed by atoms with van der Waals surface area (Å²) in [6.07, 6.45) is 0. The van der Waals surface area contributed by atoms with Crippen molar-refractivity contribution in [3.63, 3.8) is 0 Å². The Kier molecular flexibility index (Phi) is 5.40. The highest BCUT2D eigenvalue weighted by molar-refractivity contribution is 9.10. The Hall–Kier alpha value is -2.32. The van der Waals surface area contributed by atoms with Gasteiger partial charge in [0, 0.05) is 10.0 Å². The molecule has 5 nitrogen and oxygen atoms in total. The molecular formula is C17H14BrFN4OS. The van der Waals surface area contributed by atoms with Crippen LogP contribution in [-0.2, 0) is 6.54 Å². The molecule has 3 rings (SSSR count). The molecule has 0 radical (unpaired) electrons. The molecule has 8 heteroatoms. The van der Waals surface area contributed by atoms with Crippen molar-refractivity contribution in [1.29, 1.82) is 0 Å². The Morgan fingerprint density at radius 1 is 1.28 bits per heavy atom. The first-order valence-corrected chi connectivity index (χ1v) is 8.61. The van der Waals surface area contributed by atoms with Gasteiger partial charge in [-0.1, -0.05) is 45.4 Å². The third-order valence-electron chi connectivity index (χ3n) is 3.43. The van der Waals surface area contributed by atoms with Crippen LogP contribution in [0.25, 0.3) is 11.4 Å². The van der Waals surface area contributed by atoms with E-state index in [0.717, 1.165) is 11.1 Å². The van der Waals surface area contributed by atoms with Gasteiger partial charge in [-0.25, -0.2) is 4.39 Å². The molecule has 0 bridgehead atoms. The third kappa shape index (κ3) is 4.40. The van der Waals surface area contributed by atoms with E-state index in [1.165, 1.54) is 6.07 Å². The third-order valence-corrected chi connectivity index (χ3v) is 4.17. The molecule has 2 aromatic carbocycles. The molecule has 0 spiro atoms. The molecule has 0 aliphatic heterocycles. The van der Waals surface area contributed by atoms with Crippen molar-refractivity contribution in [2.75, 3.05) is 5.32 Å². The van der Waals surface area contributed by atoms with E-state index in [1.807, 2.05) is 31.2 Å².